The predicted octanol–water partition coefficient (Wildman–Crippen LogP) is 2.95. The van der Waals surface area contributed by atoms with Crippen molar-refractivity contribution in [3.8, 4) is 0 Å². The van der Waals surface area contributed by atoms with Gasteiger partial charge in [0.05, 0.1) is 21.5 Å². The third-order valence-electron chi connectivity index (χ3n) is 2.75. The number of aromatic nitrogens is 1. The van der Waals surface area contributed by atoms with Crippen LogP contribution in [-0.2, 0) is 6.54 Å². The quantitative estimate of drug-likeness (QED) is 0.491. The normalized spacial score (nSPS) is 10.4. The molecule has 0 saturated heterocycles. The van der Waals surface area contributed by atoms with Crippen LogP contribution < -0.4 is 5.56 Å². The number of benzene rings is 1. The zero-order valence-electron chi connectivity index (χ0n) is 10.5. The van der Waals surface area contributed by atoms with Crippen molar-refractivity contribution in [2.45, 2.75) is 6.54 Å². The summed E-state index contributed by atoms with van der Waals surface area (Å²) in [5, 5.41) is 11.2. The smallest absolute Gasteiger partial charge is 0.302 e. The van der Waals surface area contributed by atoms with E-state index < -0.39 is 22.0 Å². The van der Waals surface area contributed by atoms with E-state index in [1.165, 1.54) is 30.5 Å². The lowest BCUT2D eigenvalue weighted by Gasteiger charge is -2.05. The molecule has 1 aromatic carbocycles. The molecule has 1 heterocycles. The molecule has 0 aliphatic rings. The van der Waals surface area contributed by atoms with Gasteiger partial charge in [-0.3, -0.25) is 19.7 Å². The molecule has 2 rings (SSSR count). The molecule has 0 N–H and O–H groups in total. The number of hydrogen-bond donors (Lipinski definition) is 0. The van der Waals surface area contributed by atoms with Crippen LogP contribution in [0.3, 0.4) is 0 Å². The Hall–Kier alpha value is -2.18. The maximum absolute atomic E-state index is 12.1. The van der Waals surface area contributed by atoms with Crippen LogP contribution in [0.25, 0.3) is 0 Å². The Morgan fingerprint density at radius 3 is 2.57 bits per heavy atom. The fourth-order valence-electron chi connectivity index (χ4n) is 1.70. The van der Waals surface area contributed by atoms with Gasteiger partial charge in [-0.05, 0) is 24.3 Å². The number of nitro groups is 1. The molecule has 0 amide bonds. The fourth-order valence-corrected chi connectivity index (χ4v) is 2.00. The molecule has 0 atom stereocenters. The van der Waals surface area contributed by atoms with Crippen molar-refractivity contribution in [2.24, 2.45) is 0 Å². The molecule has 0 aliphatic heterocycles. The second-order valence-electron chi connectivity index (χ2n) is 4.14. The minimum absolute atomic E-state index is 0.217. The standard InChI is InChI=1S/C13H8Cl2N2O4/c14-9-4-3-8(6-10(9)15)12(18)7-16-5-1-2-11(13(16)19)17(20)21/h1-6H,7H2. The summed E-state index contributed by atoms with van der Waals surface area (Å²) in [4.78, 5) is 33.8. The SMILES string of the molecule is O=C(Cn1cccc([N+](=O)[O-])c1=O)c1ccc(Cl)c(Cl)c1. The van der Waals surface area contributed by atoms with Crippen molar-refractivity contribution in [1.29, 1.82) is 0 Å². The summed E-state index contributed by atoms with van der Waals surface area (Å²) in [6.07, 6.45) is 1.31. The van der Waals surface area contributed by atoms with Crippen molar-refractivity contribution in [3.05, 3.63) is 72.6 Å². The molecular weight excluding hydrogens is 319 g/mol. The Morgan fingerprint density at radius 2 is 1.95 bits per heavy atom. The minimum Gasteiger partial charge on any atom is -0.302 e. The van der Waals surface area contributed by atoms with Gasteiger partial charge in [0.15, 0.2) is 5.78 Å². The number of carbonyl (C=O) groups excluding carboxylic acids is 1. The van der Waals surface area contributed by atoms with E-state index >= 15 is 0 Å². The number of pyridine rings is 1. The van der Waals surface area contributed by atoms with Gasteiger partial charge in [-0.1, -0.05) is 23.2 Å². The first-order valence-electron chi connectivity index (χ1n) is 5.72. The van der Waals surface area contributed by atoms with E-state index in [4.69, 9.17) is 23.2 Å². The maximum Gasteiger partial charge on any atom is 0.334 e. The van der Waals surface area contributed by atoms with Crippen LogP contribution in [0.15, 0.2) is 41.3 Å². The van der Waals surface area contributed by atoms with E-state index in [1.54, 1.807) is 0 Å². The van der Waals surface area contributed by atoms with Gasteiger partial charge in [0, 0.05) is 17.8 Å². The van der Waals surface area contributed by atoms with Gasteiger partial charge in [0.1, 0.15) is 0 Å². The zero-order chi connectivity index (χ0) is 15.6. The summed E-state index contributed by atoms with van der Waals surface area (Å²) in [7, 11) is 0. The number of halogens is 2. The van der Waals surface area contributed by atoms with E-state index in [0.29, 0.717) is 5.02 Å². The summed E-state index contributed by atoms with van der Waals surface area (Å²) >= 11 is 11.6. The molecule has 2 aromatic rings. The molecule has 0 unspecified atom stereocenters. The van der Waals surface area contributed by atoms with Crippen LogP contribution in [0.5, 0.6) is 0 Å². The Morgan fingerprint density at radius 1 is 1.24 bits per heavy atom. The number of rotatable bonds is 4. The summed E-state index contributed by atoms with van der Waals surface area (Å²) < 4.78 is 0.975. The van der Waals surface area contributed by atoms with Gasteiger partial charge in [0.2, 0.25) is 0 Å². The Labute approximate surface area is 128 Å². The van der Waals surface area contributed by atoms with Gasteiger partial charge in [-0.25, -0.2) is 0 Å². The van der Waals surface area contributed by atoms with Crippen LogP contribution in [0.1, 0.15) is 10.4 Å². The number of nitrogens with zero attached hydrogens (tertiary/aromatic N) is 2. The first-order valence-corrected chi connectivity index (χ1v) is 6.48. The second-order valence-corrected chi connectivity index (χ2v) is 4.95. The van der Waals surface area contributed by atoms with E-state index in [1.807, 2.05) is 0 Å². The zero-order valence-corrected chi connectivity index (χ0v) is 12.0. The largest absolute Gasteiger partial charge is 0.334 e. The van der Waals surface area contributed by atoms with Gasteiger partial charge < -0.3 is 4.57 Å². The van der Waals surface area contributed by atoms with Crippen LogP contribution in [0.4, 0.5) is 5.69 Å². The molecular formula is C13H8Cl2N2O4. The molecule has 1 aromatic heterocycles. The van der Waals surface area contributed by atoms with Crippen LogP contribution in [0.2, 0.25) is 10.0 Å². The lowest BCUT2D eigenvalue weighted by Crippen LogP contribution is -2.25. The molecule has 21 heavy (non-hydrogen) atoms. The van der Waals surface area contributed by atoms with Gasteiger partial charge >= 0.3 is 11.2 Å². The summed E-state index contributed by atoms with van der Waals surface area (Å²) in [6, 6.07) is 6.74. The summed E-state index contributed by atoms with van der Waals surface area (Å²) in [5.41, 5.74) is -1.15. The Balaban J connectivity index is 2.32. The van der Waals surface area contributed by atoms with Crippen molar-refractivity contribution in [3.63, 3.8) is 0 Å². The topological polar surface area (TPSA) is 82.2 Å². The second kappa shape index (κ2) is 6.07. The Bertz CT molecular complexity index is 786. The molecule has 0 aliphatic carbocycles. The van der Waals surface area contributed by atoms with E-state index in [9.17, 15) is 19.7 Å². The molecule has 0 radical (unpaired) electrons. The molecule has 8 heteroatoms. The van der Waals surface area contributed by atoms with Crippen molar-refractivity contribution in [2.75, 3.05) is 0 Å². The highest BCUT2D eigenvalue weighted by Crippen LogP contribution is 2.22. The van der Waals surface area contributed by atoms with Crippen molar-refractivity contribution < 1.29 is 9.72 Å². The van der Waals surface area contributed by atoms with Crippen LogP contribution in [-0.4, -0.2) is 15.3 Å². The Kier molecular flexibility index (Phi) is 4.40. The first kappa shape index (κ1) is 15.2. The summed E-state index contributed by atoms with van der Waals surface area (Å²) in [5.74, 6) is -0.406. The lowest BCUT2D eigenvalue weighted by atomic mass is 10.1. The molecule has 6 nitrogen and oxygen atoms in total. The van der Waals surface area contributed by atoms with Crippen molar-refractivity contribution in [1.82, 2.24) is 4.57 Å². The number of hydrogen-bond acceptors (Lipinski definition) is 4. The highest BCUT2D eigenvalue weighted by atomic mass is 35.5. The minimum atomic E-state index is -0.837. The van der Waals surface area contributed by atoms with E-state index in [-0.39, 0.29) is 17.1 Å². The summed E-state index contributed by atoms with van der Waals surface area (Å²) in [6.45, 7) is -0.321. The molecule has 0 saturated carbocycles. The molecule has 0 spiro atoms. The van der Waals surface area contributed by atoms with Gasteiger partial charge in [-0.2, -0.15) is 0 Å². The predicted molar refractivity (Wildman–Crippen MR) is 78.1 cm³/mol. The first-order chi connectivity index (χ1) is 9.90. The highest BCUT2D eigenvalue weighted by Gasteiger charge is 2.16. The number of ketones is 1. The molecule has 0 fully saturated rings. The monoisotopic (exact) mass is 326 g/mol. The molecule has 108 valence electrons. The highest BCUT2D eigenvalue weighted by molar-refractivity contribution is 6.42. The van der Waals surface area contributed by atoms with Crippen molar-refractivity contribution >= 4 is 34.7 Å². The average molecular weight is 327 g/mol. The van der Waals surface area contributed by atoms with Gasteiger partial charge in [-0.15, -0.1) is 0 Å². The van der Waals surface area contributed by atoms with E-state index in [0.717, 1.165) is 10.6 Å². The third-order valence-corrected chi connectivity index (χ3v) is 3.49. The number of carbonyl (C=O) groups is 1. The molecule has 0 bridgehead atoms. The maximum atomic E-state index is 12.1. The van der Waals surface area contributed by atoms with Crippen LogP contribution in [0, 0.1) is 10.1 Å². The fraction of sp³-hybridized carbons (Fsp3) is 0.0769. The lowest BCUT2D eigenvalue weighted by molar-refractivity contribution is -0.386. The van der Waals surface area contributed by atoms with Crippen LogP contribution >= 0.6 is 23.2 Å². The van der Waals surface area contributed by atoms with Gasteiger partial charge in [0.25, 0.3) is 0 Å². The average Bonchev–Trinajstić information content (AvgIpc) is 2.43. The number of Topliss-reactive ketones (excluding diaryl/α,β-unsaturated/α-hetero) is 1. The van der Waals surface area contributed by atoms with E-state index in [2.05, 4.69) is 0 Å². The third kappa shape index (κ3) is 3.29.